The Morgan fingerprint density at radius 2 is 1.52 bits per heavy atom. The minimum absolute atomic E-state index is 0.535. The van der Waals surface area contributed by atoms with E-state index in [4.69, 9.17) is 15.0 Å². The van der Waals surface area contributed by atoms with Crippen molar-refractivity contribution in [2.75, 3.05) is 0 Å². The number of fused-ring (bicyclic) bond motifs is 5. The van der Waals surface area contributed by atoms with Crippen LogP contribution >= 0.6 is 11.3 Å². The van der Waals surface area contributed by atoms with E-state index < -0.39 is 0 Å². The van der Waals surface area contributed by atoms with E-state index in [1.807, 2.05) is 47.9 Å². The van der Waals surface area contributed by atoms with E-state index in [9.17, 15) is 0 Å². The Morgan fingerprint density at radius 3 is 2.29 bits per heavy atom. The minimum Gasteiger partial charge on any atom is -0.280 e. The summed E-state index contributed by atoms with van der Waals surface area (Å²) < 4.78 is 2.55. The largest absolute Gasteiger partial charge is 0.280 e. The first-order valence-corrected chi connectivity index (χ1v) is 17.0. The SMILES string of the molecule is C=N/C(=C\C(=NCc1ccccc1)c1ccc(-c2nc3c(c4sc5ccccc5c24)C=CCC3)nc1)c1ccc(-c2ccccc2)cc1. The third kappa shape index (κ3) is 5.81. The van der Waals surface area contributed by atoms with Gasteiger partial charge in [-0.2, -0.15) is 0 Å². The van der Waals surface area contributed by atoms with Gasteiger partial charge in [0.1, 0.15) is 0 Å². The van der Waals surface area contributed by atoms with E-state index in [1.165, 1.54) is 31.3 Å². The van der Waals surface area contributed by atoms with Crippen LogP contribution in [0.25, 0.3) is 54.5 Å². The second-order valence-corrected chi connectivity index (χ2v) is 12.9. The van der Waals surface area contributed by atoms with Crippen molar-refractivity contribution in [1.82, 2.24) is 9.97 Å². The zero-order valence-electron chi connectivity index (χ0n) is 26.4. The van der Waals surface area contributed by atoms with Gasteiger partial charge in [-0.05, 0) is 60.5 Å². The molecule has 0 N–H and O–H groups in total. The van der Waals surface area contributed by atoms with Crippen LogP contribution in [-0.2, 0) is 13.0 Å². The van der Waals surface area contributed by atoms with Crippen LogP contribution in [-0.4, -0.2) is 22.4 Å². The Bertz CT molecular complexity index is 2350. The molecule has 1 aliphatic rings. The van der Waals surface area contributed by atoms with Crippen molar-refractivity contribution in [1.29, 1.82) is 0 Å². The van der Waals surface area contributed by atoms with Crippen LogP contribution in [0.5, 0.6) is 0 Å². The van der Waals surface area contributed by atoms with Crippen LogP contribution in [0.1, 0.15) is 34.4 Å². The topological polar surface area (TPSA) is 50.5 Å². The number of nitrogens with zero attached hydrogens (tertiary/aromatic N) is 4. The summed E-state index contributed by atoms with van der Waals surface area (Å²) in [6.07, 6.45) is 10.4. The molecule has 230 valence electrons. The number of aryl methyl sites for hydroxylation is 1. The molecular formula is C43H32N4S. The molecule has 0 saturated heterocycles. The first-order valence-electron chi connectivity index (χ1n) is 16.2. The molecule has 4 nitrogen and oxygen atoms in total. The highest BCUT2D eigenvalue weighted by Crippen LogP contribution is 2.42. The highest BCUT2D eigenvalue weighted by atomic mass is 32.1. The molecule has 0 saturated carbocycles. The predicted octanol–water partition coefficient (Wildman–Crippen LogP) is 10.9. The molecule has 1 aliphatic carbocycles. The molecule has 0 spiro atoms. The van der Waals surface area contributed by atoms with Gasteiger partial charge in [0.15, 0.2) is 0 Å². The highest BCUT2D eigenvalue weighted by molar-refractivity contribution is 7.26. The number of aromatic nitrogens is 2. The van der Waals surface area contributed by atoms with Gasteiger partial charge < -0.3 is 0 Å². The minimum atomic E-state index is 0.535. The summed E-state index contributed by atoms with van der Waals surface area (Å²) in [4.78, 5) is 19.8. The summed E-state index contributed by atoms with van der Waals surface area (Å²) in [6, 6.07) is 41.9. The summed E-state index contributed by atoms with van der Waals surface area (Å²) in [6.45, 7) is 4.45. The van der Waals surface area contributed by atoms with Crippen LogP contribution in [0.4, 0.5) is 0 Å². The fraction of sp³-hybridized carbons (Fsp3) is 0.0698. The van der Waals surface area contributed by atoms with E-state index in [0.717, 1.165) is 63.6 Å². The number of pyridine rings is 2. The maximum absolute atomic E-state index is 5.24. The molecule has 0 amide bonds. The Kier molecular flexibility index (Phi) is 8.11. The first-order chi connectivity index (χ1) is 23.7. The Balaban J connectivity index is 1.20. The van der Waals surface area contributed by atoms with E-state index in [-0.39, 0.29) is 0 Å². The number of thiophene rings is 1. The van der Waals surface area contributed by atoms with Gasteiger partial charge in [-0.3, -0.25) is 15.0 Å². The zero-order valence-corrected chi connectivity index (χ0v) is 27.2. The molecule has 4 aromatic carbocycles. The second-order valence-electron chi connectivity index (χ2n) is 11.8. The summed E-state index contributed by atoms with van der Waals surface area (Å²) >= 11 is 1.84. The maximum Gasteiger partial charge on any atom is 0.0982 e. The Morgan fingerprint density at radius 1 is 0.792 bits per heavy atom. The standard InChI is InChI=1S/C43H32N4S/c1-44-38(32-22-20-31(21-23-32)30-14-6-3-7-15-30)26-39(45-27-29-12-4-2-5-13-29)33-24-25-37(46-28-33)42-41-35-17-9-11-19-40(35)48-43(41)34-16-8-10-18-36(34)47-42/h2-9,11-17,19-26,28H,1,10,18,27H2/b38-26-,45-39?. The highest BCUT2D eigenvalue weighted by Gasteiger charge is 2.20. The molecule has 3 aromatic heterocycles. The van der Waals surface area contributed by atoms with E-state index in [1.54, 1.807) is 0 Å². The predicted molar refractivity (Wildman–Crippen MR) is 204 cm³/mol. The van der Waals surface area contributed by atoms with Crippen molar-refractivity contribution in [2.24, 2.45) is 9.98 Å². The molecule has 48 heavy (non-hydrogen) atoms. The smallest absolute Gasteiger partial charge is 0.0982 e. The van der Waals surface area contributed by atoms with Gasteiger partial charge in [0.2, 0.25) is 0 Å². The normalized spacial score (nSPS) is 13.2. The molecule has 7 aromatic rings. The van der Waals surface area contributed by atoms with Gasteiger partial charge in [0, 0.05) is 43.1 Å². The fourth-order valence-electron chi connectivity index (χ4n) is 6.30. The average molecular weight is 637 g/mol. The molecule has 0 aliphatic heterocycles. The molecule has 0 bridgehead atoms. The molecule has 0 fully saturated rings. The van der Waals surface area contributed by atoms with Crippen molar-refractivity contribution in [2.45, 2.75) is 19.4 Å². The lowest BCUT2D eigenvalue weighted by molar-refractivity contribution is 0.935. The molecular weight excluding hydrogens is 605 g/mol. The Hall–Kier alpha value is -5.78. The maximum atomic E-state index is 5.24. The van der Waals surface area contributed by atoms with Gasteiger partial charge in [-0.15, -0.1) is 11.3 Å². The van der Waals surface area contributed by atoms with Crippen molar-refractivity contribution in [3.8, 4) is 22.5 Å². The zero-order chi connectivity index (χ0) is 32.3. The van der Waals surface area contributed by atoms with Crippen LogP contribution in [0, 0.1) is 0 Å². The monoisotopic (exact) mass is 636 g/mol. The van der Waals surface area contributed by atoms with Gasteiger partial charge in [-0.25, -0.2) is 4.98 Å². The van der Waals surface area contributed by atoms with Crippen LogP contribution < -0.4 is 0 Å². The van der Waals surface area contributed by atoms with Gasteiger partial charge >= 0.3 is 0 Å². The number of hydrogen-bond donors (Lipinski definition) is 0. The number of allylic oxidation sites excluding steroid dienone is 2. The van der Waals surface area contributed by atoms with Crippen molar-refractivity contribution in [3.63, 3.8) is 0 Å². The summed E-state index contributed by atoms with van der Waals surface area (Å²) in [5.74, 6) is 0. The van der Waals surface area contributed by atoms with Crippen molar-refractivity contribution < 1.29 is 0 Å². The number of hydrogen-bond acceptors (Lipinski definition) is 5. The van der Waals surface area contributed by atoms with Gasteiger partial charge in [0.25, 0.3) is 0 Å². The van der Waals surface area contributed by atoms with Gasteiger partial charge in [-0.1, -0.05) is 115 Å². The lowest BCUT2D eigenvalue weighted by Gasteiger charge is -2.14. The van der Waals surface area contributed by atoms with Crippen LogP contribution in [0.15, 0.2) is 150 Å². The Labute approximate surface area is 284 Å². The number of rotatable bonds is 8. The summed E-state index contributed by atoms with van der Waals surface area (Å²) in [5, 5.41) is 2.40. The third-order valence-corrected chi connectivity index (χ3v) is 9.98. The lowest BCUT2D eigenvalue weighted by Crippen LogP contribution is -2.03. The van der Waals surface area contributed by atoms with Crippen LogP contribution in [0.3, 0.4) is 0 Å². The van der Waals surface area contributed by atoms with Crippen LogP contribution in [0.2, 0.25) is 0 Å². The molecule has 0 atom stereocenters. The van der Waals surface area contributed by atoms with E-state index >= 15 is 0 Å². The van der Waals surface area contributed by atoms with E-state index in [2.05, 4.69) is 121 Å². The molecule has 8 rings (SSSR count). The molecule has 5 heteroatoms. The van der Waals surface area contributed by atoms with E-state index in [0.29, 0.717) is 6.54 Å². The van der Waals surface area contributed by atoms with Crippen molar-refractivity contribution in [3.05, 3.63) is 168 Å². The van der Waals surface area contributed by atoms with Gasteiger partial charge in [0.05, 0.1) is 35.0 Å². The molecule has 0 radical (unpaired) electrons. The average Bonchev–Trinajstić information content (AvgIpc) is 3.56. The second kappa shape index (κ2) is 13.1. The summed E-state index contributed by atoms with van der Waals surface area (Å²) in [7, 11) is 0. The summed E-state index contributed by atoms with van der Waals surface area (Å²) in [5.41, 5.74) is 11.1. The first kappa shape index (κ1) is 29.6. The quantitative estimate of drug-likeness (QED) is 0.156. The molecule has 3 heterocycles. The lowest BCUT2D eigenvalue weighted by atomic mass is 9.98. The third-order valence-electron chi connectivity index (χ3n) is 8.78. The fourth-order valence-corrected chi connectivity index (χ4v) is 7.55. The molecule has 0 unspecified atom stereocenters. The number of benzene rings is 4. The number of aliphatic imine (C=N–C) groups is 2. The van der Waals surface area contributed by atoms with Crippen molar-refractivity contribution >= 4 is 55.7 Å².